The minimum Gasteiger partial charge on any atom is -0.478 e. The molecule has 19 heavy (non-hydrogen) atoms. The molecule has 0 aliphatic heterocycles. The quantitative estimate of drug-likeness (QED) is 0.689. The minimum absolute atomic E-state index is 0.0155. The third-order valence-corrected chi connectivity index (χ3v) is 3.19. The van der Waals surface area contributed by atoms with Crippen molar-refractivity contribution in [3.63, 3.8) is 0 Å². The Bertz CT molecular complexity index is 622. The molecule has 0 radical (unpaired) electrons. The van der Waals surface area contributed by atoms with Gasteiger partial charge < -0.3 is 9.84 Å². The van der Waals surface area contributed by atoms with E-state index in [1.54, 1.807) is 12.1 Å². The number of thioether (sulfide) groups is 1. The number of carboxylic acids is 1. The van der Waals surface area contributed by atoms with Gasteiger partial charge in [0.05, 0.1) is 10.6 Å². The SMILES string of the molecule is CSc1cc(Oc2ccc(Cl)c(C(=O)O)c2)ncn1. The summed E-state index contributed by atoms with van der Waals surface area (Å²) in [5.74, 6) is -0.409. The summed E-state index contributed by atoms with van der Waals surface area (Å²) >= 11 is 7.23. The number of nitrogens with zero attached hydrogens (tertiary/aromatic N) is 2. The lowest BCUT2D eigenvalue weighted by molar-refractivity contribution is 0.0696. The molecule has 0 spiro atoms. The van der Waals surface area contributed by atoms with E-state index in [-0.39, 0.29) is 10.6 Å². The van der Waals surface area contributed by atoms with E-state index in [4.69, 9.17) is 21.4 Å². The normalized spacial score (nSPS) is 10.2. The molecule has 0 saturated heterocycles. The lowest BCUT2D eigenvalue weighted by Gasteiger charge is -2.06. The first-order chi connectivity index (χ1) is 9.10. The third-order valence-electron chi connectivity index (χ3n) is 2.22. The topological polar surface area (TPSA) is 72.3 Å². The second kappa shape index (κ2) is 5.90. The molecular weight excluding hydrogens is 288 g/mol. The summed E-state index contributed by atoms with van der Waals surface area (Å²) in [6.07, 6.45) is 3.27. The largest absolute Gasteiger partial charge is 0.478 e. The molecule has 0 fully saturated rings. The van der Waals surface area contributed by atoms with Crippen LogP contribution in [0.4, 0.5) is 0 Å². The molecule has 98 valence electrons. The Labute approximate surface area is 118 Å². The standard InChI is InChI=1S/C12H9ClN2O3S/c1-19-11-5-10(14-6-15-11)18-7-2-3-9(13)8(4-7)12(16)17/h2-6H,1H3,(H,16,17). The van der Waals surface area contributed by atoms with Gasteiger partial charge in [0.2, 0.25) is 5.88 Å². The molecule has 5 nitrogen and oxygen atoms in total. The molecule has 2 aromatic rings. The highest BCUT2D eigenvalue weighted by Gasteiger charge is 2.11. The van der Waals surface area contributed by atoms with Gasteiger partial charge in [-0.2, -0.15) is 0 Å². The van der Waals surface area contributed by atoms with E-state index >= 15 is 0 Å². The number of halogens is 1. The van der Waals surface area contributed by atoms with Gasteiger partial charge in [-0.1, -0.05) is 11.6 Å². The molecule has 0 unspecified atom stereocenters. The van der Waals surface area contributed by atoms with Crippen LogP contribution in [0.5, 0.6) is 11.6 Å². The Morgan fingerprint density at radius 1 is 1.37 bits per heavy atom. The van der Waals surface area contributed by atoms with Crippen LogP contribution in [0, 0.1) is 0 Å². The number of hydrogen-bond donors (Lipinski definition) is 1. The van der Waals surface area contributed by atoms with Crippen LogP contribution < -0.4 is 4.74 Å². The summed E-state index contributed by atoms with van der Waals surface area (Å²) in [4.78, 5) is 18.9. The maximum atomic E-state index is 11.0. The van der Waals surface area contributed by atoms with Gasteiger partial charge in [0, 0.05) is 6.07 Å². The zero-order chi connectivity index (χ0) is 13.8. The van der Waals surface area contributed by atoms with E-state index < -0.39 is 5.97 Å². The number of ether oxygens (including phenoxy) is 1. The Balaban J connectivity index is 2.28. The van der Waals surface area contributed by atoms with E-state index in [0.29, 0.717) is 11.6 Å². The number of aromatic nitrogens is 2. The molecule has 0 bridgehead atoms. The average molecular weight is 297 g/mol. The smallest absolute Gasteiger partial charge is 0.337 e. The molecule has 0 aliphatic rings. The summed E-state index contributed by atoms with van der Waals surface area (Å²) in [6, 6.07) is 6.07. The summed E-state index contributed by atoms with van der Waals surface area (Å²) in [6.45, 7) is 0. The summed E-state index contributed by atoms with van der Waals surface area (Å²) in [5.41, 5.74) is -0.0155. The van der Waals surface area contributed by atoms with Crippen LogP contribution in [-0.4, -0.2) is 27.3 Å². The fourth-order valence-electron chi connectivity index (χ4n) is 1.34. The van der Waals surface area contributed by atoms with E-state index in [2.05, 4.69) is 9.97 Å². The van der Waals surface area contributed by atoms with Crippen LogP contribution in [0.1, 0.15) is 10.4 Å². The highest BCUT2D eigenvalue weighted by Crippen LogP contribution is 2.26. The molecule has 1 aromatic carbocycles. The van der Waals surface area contributed by atoms with E-state index in [9.17, 15) is 4.79 Å². The van der Waals surface area contributed by atoms with Gasteiger partial charge in [0.15, 0.2) is 0 Å². The molecule has 0 atom stereocenters. The molecule has 0 aliphatic carbocycles. The van der Waals surface area contributed by atoms with Crippen LogP contribution in [0.15, 0.2) is 35.6 Å². The minimum atomic E-state index is -1.11. The van der Waals surface area contributed by atoms with Crippen molar-refractivity contribution in [1.29, 1.82) is 0 Å². The first-order valence-corrected chi connectivity index (χ1v) is 6.77. The van der Waals surface area contributed by atoms with Crippen molar-refractivity contribution in [2.24, 2.45) is 0 Å². The van der Waals surface area contributed by atoms with Gasteiger partial charge in [0.25, 0.3) is 0 Å². The van der Waals surface area contributed by atoms with Crippen molar-refractivity contribution in [1.82, 2.24) is 9.97 Å². The van der Waals surface area contributed by atoms with Crippen molar-refractivity contribution < 1.29 is 14.6 Å². The van der Waals surface area contributed by atoms with E-state index in [1.807, 2.05) is 6.26 Å². The molecule has 1 N–H and O–H groups in total. The Morgan fingerprint density at radius 3 is 2.84 bits per heavy atom. The summed E-state index contributed by atoms with van der Waals surface area (Å²) < 4.78 is 5.48. The predicted octanol–water partition coefficient (Wildman–Crippen LogP) is 3.34. The number of hydrogen-bond acceptors (Lipinski definition) is 5. The maximum absolute atomic E-state index is 11.0. The summed E-state index contributed by atoms with van der Waals surface area (Å²) in [7, 11) is 0. The van der Waals surface area contributed by atoms with Crippen molar-refractivity contribution in [3.05, 3.63) is 41.2 Å². The van der Waals surface area contributed by atoms with Gasteiger partial charge in [-0.05, 0) is 24.5 Å². The first-order valence-electron chi connectivity index (χ1n) is 5.17. The van der Waals surface area contributed by atoms with Gasteiger partial charge >= 0.3 is 5.97 Å². The Hall–Kier alpha value is -1.79. The molecule has 7 heteroatoms. The second-order valence-electron chi connectivity index (χ2n) is 3.45. The van der Waals surface area contributed by atoms with Gasteiger partial charge in [0.1, 0.15) is 17.1 Å². The maximum Gasteiger partial charge on any atom is 0.337 e. The Morgan fingerprint density at radius 2 is 2.16 bits per heavy atom. The van der Waals surface area contributed by atoms with E-state index in [0.717, 1.165) is 5.03 Å². The van der Waals surface area contributed by atoms with Crippen molar-refractivity contribution in [2.45, 2.75) is 5.03 Å². The van der Waals surface area contributed by atoms with Crippen LogP contribution in [0.3, 0.4) is 0 Å². The monoisotopic (exact) mass is 296 g/mol. The zero-order valence-corrected chi connectivity index (χ0v) is 11.4. The van der Waals surface area contributed by atoms with Crippen LogP contribution >= 0.6 is 23.4 Å². The fraction of sp³-hybridized carbons (Fsp3) is 0.0833. The lowest BCUT2D eigenvalue weighted by atomic mass is 10.2. The van der Waals surface area contributed by atoms with Crippen molar-refractivity contribution >= 4 is 29.3 Å². The lowest BCUT2D eigenvalue weighted by Crippen LogP contribution is -1.98. The highest BCUT2D eigenvalue weighted by atomic mass is 35.5. The molecule has 1 aromatic heterocycles. The first kappa shape index (κ1) is 13.6. The highest BCUT2D eigenvalue weighted by molar-refractivity contribution is 7.98. The van der Waals surface area contributed by atoms with Gasteiger partial charge in [-0.15, -0.1) is 11.8 Å². The average Bonchev–Trinajstić information content (AvgIpc) is 2.41. The number of carbonyl (C=O) groups is 1. The molecule has 2 rings (SSSR count). The fourth-order valence-corrected chi connectivity index (χ4v) is 1.91. The van der Waals surface area contributed by atoms with Gasteiger partial charge in [-0.25, -0.2) is 14.8 Å². The van der Waals surface area contributed by atoms with Crippen LogP contribution in [-0.2, 0) is 0 Å². The van der Waals surface area contributed by atoms with Crippen LogP contribution in [0.25, 0.3) is 0 Å². The molecular formula is C12H9ClN2O3S. The molecule has 0 amide bonds. The Kier molecular flexibility index (Phi) is 4.24. The number of benzene rings is 1. The summed E-state index contributed by atoms with van der Waals surface area (Å²) in [5, 5.41) is 9.89. The molecule has 0 saturated carbocycles. The third kappa shape index (κ3) is 3.36. The number of rotatable bonds is 4. The zero-order valence-electron chi connectivity index (χ0n) is 9.83. The number of aromatic carboxylic acids is 1. The van der Waals surface area contributed by atoms with E-state index in [1.165, 1.54) is 30.2 Å². The van der Waals surface area contributed by atoms with Gasteiger partial charge in [-0.3, -0.25) is 0 Å². The molecule has 1 heterocycles. The predicted molar refractivity (Wildman–Crippen MR) is 72.3 cm³/mol. The van der Waals surface area contributed by atoms with Crippen molar-refractivity contribution in [3.8, 4) is 11.6 Å². The number of carboxylic acid groups (broad SMARTS) is 1. The van der Waals surface area contributed by atoms with Crippen molar-refractivity contribution in [2.75, 3.05) is 6.26 Å². The van der Waals surface area contributed by atoms with Crippen LogP contribution in [0.2, 0.25) is 5.02 Å². The second-order valence-corrected chi connectivity index (χ2v) is 4.68.